The minimum absolute atomic E-state index is 0.202. The number of anilines is 1. The van der Waals surface area contributed by atoms with Crippen molar-refractivity contribution >= 4 is 28.3 Å². The fourth-order valence-corrected chi connectivity index (χ4v) is 3.62. The number of aliphatic hydroxyl groups is 1. The first-order valence-corrected chi connectivity index (χ1v) is 9.90. The third kappa shape index (κ3) is 6.40. The largest absolute Gasteiger partial charge is 0.383 e. The summed E-state index contributed by atoms with van der Waals surface area (Å²) in [4.78, 5) is 30.0. The molecule has 1 heterocycles. The van der Waals surface area contributed by atoms with Gasteiger partial charge in [0.25, 0.3) is 0 Å². The van der Waals surface area contributed by atoms with Crippen LogP contribution in [0.5, 0.6) is 0 Å². The second-order valence-corrected chi connectivity index (χ2v) is 7.67. The lowest BCUT2D eigenvalue weighted by Crippen LogP contribution is -2.48. The zero-order valence-corrected chi connectivity index (χ0v) is 16.7. The van der Waals surface area contributed by atoms with Crippen molar-refractivity contribution in [2.24, 2.45) is 5.92 Å². The lowest BCUT2D eigenvalue weighted by atomic mass is 10.0. The summed E-state index contributed by atoms with van der Waals surface area (Å²) in [5.74, 6) is -0.556. The van der Waals surface area contributed by atoms with Crippen LogP contribution in [0.4, 0.5) is 5.13 Å². The average Bonchev–Trinajstić information content (AvgIpc) is 3.02. The van der Waals surface area contributed by atoms with Crippen LogP contribution in [0.2, 0.25) is 0 Å². The third-order valence-corrected chi connectivity index (χ3v) is 5.33. The molecule has 0 spiro atoms. The van der Waals surface area contributed by atoms with Crippen LogP contribution in [0, 0.1) is 5.92 Å². The topological polar surface area (TPSA) is 91.3 Å². The number of aliphatic hydroxyl groups excluding tert-OH is 1. The number of carbonyl (C=O) groups is 2. The summed E-state index contributed by atoms with van der Waals surface area (Å²) in [5, 5.41) is 15.8. The van der Waals surface area contributed by atoms with Gasteiger partial charge >= 0.3 is 0 Å². The molecule has 0 aliphatic heterocycles. The van der Waals surface area contributed by atoms with E-state index >= 15 is 0 Å². The molecule has 6 nitrogen and oxygen atoms in total. The Bertz CT molecular complexity index is 556. The average molecular weight is 370 g/mol. The molecule has 0 fully saturated rings. The second kappa shape index (κ2) is 10.5. The van der Waals surface area contributed by atoms with E-state index in [-0.39, 0.29) is 11.8 Å². The maximum atomic E-state index is 12.5. The van der Waals surface area contributed by atoms with E-state index in [1.807, 2.05) is 13.1 Å². The fraction of sp³-hybridized carbons (Fsp3) is 0.722. The van der Waals surface area contributed by atoms with Crippen LogP contribution in [-0.2, 0) is 9.59 Å². The number of amides is 2. The quantitative estimate of drug-likeness (QED) is 0.590. The number of aromatic nitrogens is 1. The lowest BCUT2D eigenvalue weighted by Gasteiger charge is -2.20. The van der Waals surface area contributed by atoms with Crippen molar-refractivity contribution in [3.63, 3.8) is 0 Å². The molecule has 0 bridgehead atoms. The number of thiazole rings is 1. The Morgan fingerprint density at radius 2 is 1.84 bits per heavy atom. The van der Waals surface area contributed by atoms with Crippen molar-refractivity contribution in [3.8, 4) is 0 Å². The van der Waals surface area contributed by atoms with Gasteiger partial charge in [-0.05, 0) is 31.1 Å². The predicted molar refractivity (Wildman–Crippen MR) is 102 cm³/mol. The Morgan fingerprint density at radius 3 is 2.36 bits per heavy atom. The summed E-state index contributed by atoms with van der Waals surface area (Å²) < 4.78 is 0. The molecule has 3 N–H and O–H groups in total. The smallest absolute Gasteiger partial charge is 0.249 e. The molecule has 1 aromatic rings. The molecule has 2 amide bonds. The highest BCUT2D eigenvalue weighted by Gasteiger charge is 2.26. The van der Waals surface area contributed by atoms with Crippen molar-refractivity contribution in [2.45, 2.75) is 78.4 Å². The van der Waals surface area contributed by atoms with Gasteiger partial charge < -0.3 is 15.7 Å². The highest BCUT2D eigenvalue weighted by atomic mass is 32.1. The summed E-state index contributed by atoms with van der Waals surface area (Å²) in [7, 11) is 0. The Hall–Kier alpha value is -1.47. The van der Waals surface area contributed by atoms with Crippen LogP contribution in [0.25, 0.3) is 0 Å². The number of hydrogen-bond donors (Lipinski definition) is 3. The van der Waals surface area contributed by atoms with E-state index < -0.39 is 18.1 Å². The number of hydrogen-bond acceptors (Lipinski definition) is 5. The van der Waals surface area contributed by atoms with Gasteiger partial charge in [0.2, 0.25) is 11.8 Å². The van der Waals surface area contributed by atoms with Gasteiger partial charge in [-0.2, -0.15) is 0 Å². The SMILES string of the molecule is CCCC(NC(=O)C(O)C(C)C)C(=O)Nc1ncc(C(CC)CC)s1. The Balaban J connectivity index is 2.75. The molecule has 0 aliphatic carbocycles. The van der Waals surface area contributed by atoms with Gasteiger partial charge in [-0.15, -0.1) is 11.3 Å². The standard InChI is InChI=1S/C18H31N3O3S/c1-6-9-13(20-17(24)15(22)11(4)5)16(23)21-18-19-10-14(25-18)12(7-2)8-3/h10-13,15,22H,6-9H2,1-5H3,(H,20,24)(H,19,21,23). The first kappa shape index (κ1) is 21.6. The molecular weight excluding hydrogens is 338 g/mol. The summed E-state index contributed by atoms with van der Waals surface area (Å²) in [6, 6.07) is -0.675. The van der Waals surface area contributed by atoms with Gasteiger partial charge in [-0.1, -0.05) is 41.0 Å². The minimum Gasteiger partial charge on any atom is -0.383 e. The van der Waals surface area contributed by atoms with E-state index in [0.717, 1.165) is 24.1 Å². The summed E-state index contributed by atoms with van der Waals surface area (Å²) in [5.41, 5.74) is 0. The number of rotatable bonds is 10. The maximum absolute atomic E-state index is 12.5. The van der Waals surface area contributed by atoms with Gasteiger partial charge in [-0.3, -0.25) is 9.59 Å². The van der Waals surface area contributed by atoms with Crippen molar-refractivity contribution in [2.75, 3.05) is 5.32 Å². The van der Waals surface area contributed by atoms with Gasteiger partial charge in [-0.25, -0.2) is 4.98 Å². The molecule has 0 aromatic carbocycles. The van der Waals surface area contributed by atoms with Crippen molar-refractivity contribution in [1.82, 2.24) is 10.3 Å². The summed E-state index contributed by atoms with van der Waals surface area (Å²) >= 11 is 1.48. The molecule has 1 rings (SSSR count). The zero-order valence-electron chi connectivity index (χ0n) is 15.8. The summed E-state index contributed by atoms with van der Waals surface area (Å²) in [6.07, 6.45) is 4.02. The van der Waals surface area contributed by atoms with E-state index in [4.69, 9.17) is 0 Å². The molecule has 142 valence electrons. The monoisotopic (exact) mass is 369 g/mol. The van der Waals surface area contributed by atoms with Crippen LogP contribution in [-0.4, -0.2) is 34.1 Å². The normalized spacial score (nSPS) is 13.8. The third-order valence-electron chi connectivity index (χ3n) is 4.25. The first-order chi connectivity index (χ1) is 11.8. The van der Waals surface area contributed by atoms with E-state index in [9.17, 15) is 14.7 Å². The van der Waals surface area contributed by atoms with Crippen molar-refractivity contribution < 1.29 is 14.7 Å². The Kier molecular flexibility index (Phi) is 9.06. The van der Waals surface area contributed by atoms with Gasteiger partial charge in [0.05, 0.1) is 0 Å². The molecule has 0 saturated carbocycles. The van der Waals surface area contributed by atoms with Crippen molar-refractivity contribution in [3.05, 3.63) is 11.1 Å². The Labute approximate surface area is 154 Å². The minimum atomic E-state index is -1.12. The molecule has 0 saturated heterocycles. The number of nitrogens with one attached hydrogen (secondary N) is 2. The molecule has 7 heteroatoms. The van der Waals surface area contributed by atoms with Crippen LogP contribution >= 0.6 is 11.3 Å². The fourth-order valence-electron chi connectivity index (χ4n) is 2.53. The lowest BCUT2D eigenvalue weighted by molar-refractivity contribution is -0.134. The molecule has 0 aliphatic rings. The van der Waals surface area contributed by atoms with Crippen LogP contribution in [0.1, 0.15) is 71.1 Å². The van der Waals surface area contributed by atoms with E-state index in [0.29, 0.717) is 17.5 Å². The van der Waals surface area contributed by atoms with E-state index in [2.05, 4.69) is 29.5 Å². The summed E-state index contributed by atoms with van der Waals surface area (Å²) in [6.45, 7) is 9.74. The van der Waals surface area contributed by atoms with Crippen LogP contribution in [0.15, 0.2) is 6.20 Å². The van der Waals surface area contributed by atoms with Gasteiger partial charge in [0, 0.05) is 11.1 Å². The predicted octanol–water partition coefficient (Wildman–Crippen LogP) is 3.29. The van der Waals surface area contributed by atoms with Crippen LogP contribution < -0.4 is 10.6 Å². The highest BCUT2D eigenvalue weighted by Crippen LogP contribution is 2.30. The molecule has 0 radical (unpaired) electrons. The first-order valence-electron chi connectivity index (χ1n) is 9.08. The van der Waals surface area contributed by atoms with Gasteiger partial charge in [0.1, 0.15) is 12.1 Å². The molecule has 2 unspecified atom stereocenters. The number of carbonyl (C=O) groups excluding carboxylic acids is 2. The molecule has 1 aromatic heterocycles. The van der Waals surface area contributed by atoms with E-state index in [1.54, 1.807) is 13.8 Å². The molecular formula is C18H31N3O3S. The Morgan fingerprint density at radius 1 is 1.20 bits per heavy atom. The van der Waals surface area contributed by atoms with E-state index in [1.165, 1.54) is 11.3 Å². The number of nitrogens with zero attached hydrogens (tertiary/aromatic N) is 1. The maximum Gasteiger partial charge on any atom is 0.249 e. The molecule has 2 atom stereocenters. The molecule has 25 heavy (non-hydrogen) atoms. The van der Waals surface area contributed by atoms with Crippen molar-refractivity contribution in [1.29, 1.82) is 0 Å². The second-order valence-electron chi connectivity index (χ2n) is 6.61. The zero-order chi connectivity index (χ0) is 19.0. The van der Waals surface area contributed by atoms with Crippen LogP contribution in [0.3, 0.4) is 0 Å². The highest BCUT2D eigenvalue weighted by molar-refractivity contribution is 7.15. The van der Waals surface area contributed by atoms with Gasteiger partial charge in [0.15, 0.2) is 5.13 Å².